The molecule has 0 saturated carbocycles. The quantitative estimate of drug-likeness (QED) is 0.408. The molecule has 1 N–H and O–H groups in total. The Bertz CT molecular complexity index is 460. The summed E-state index contributed by atoms with van der Waals surface area (Å²) in [6.45, 7) is 1.70. The maximum absolute atomic E-state index is 10.8. The van der Waals surface area contributed by atoms with Gasteiger partial charge in [0.15, 0.2) is 0 Å². The number of pyridine rings is 1. The number of hydrogen-bond acceptors (Lipinski definition) is 4. The molecule has 0 saturated heterocycles. The van der Waals surface area contributed by atoms with Gasteiger partial charge in [-0.2, -0.15) is 0 Å². The maximum atomic E-state index is 10.8. The molecule has 0 aromatic carbocycles. The zero-order valence-corrected chi connectivity index (χ0v) is 8.30. The summed E-state index contributed by atoms with van der Waals surface area (Å²) in [4.78, 5) is 12.6. The maximum Gasteiger partial charge on any atom is 0.341 e. The molecule has 1 aromatic rings. The van der Waals surface area contributed by atoms with E-state index in [-0.39, 0.29) is 10.6 Å². The van der Waals surface area contributed by atoms with Crippen molar-refractivity contribution in [3.63, 3.8) is 0 Å². The van der Waals surface area contributed by atoms with E-state index in [1.807, 2.05) is 17.7 Å². The van der Waals surface area contributed by atoms with Crippen molar-refractivity contribution < 1.29 is 9.49 Å². The molecule has 6 heteroatoms. The van der Waals surface area contributed by atoms with Crippen LogP contribution < -0.4 is 14.8 Å². The third-order valence-electron chi connectivity index (χ3n) is 3.06. The first-order valence-electron chi connectivity index (χ1n) is 4.86. The Morgan fingerprint density at radius 2 is 2.47 bits per heavy atom. The standard InChI is InChI=1S/C9H10N4O2/c1-11-5-6-4-10-9-7(13(14)15)2-3-8(11)12(6)9/h2-3,6H,4-5H2,1H3/p+1. The summed E-state index contributed by atoms with van der Waals surface area (Å²) >= 11 is 0. The van der Waals surface area contributed by atoms with Gasteiger partial charge in [0.1, 0.15) is 12.6 Å². The fourth-order valence-corrected chi connectivity index (χ4v) is 2.42. The van der Waals surface area contributed by atoms with E-state index in [0.717, 1.165) is 18.9 Å². The number of nitrogens with one attached hydrogen (secondary N) is 1. The van der Waals surface area contributed by atoms with Crippen molar-refractivity contribution in [1.29, 1.82) is 0 Å². The lowest BCUT2D eigenvalue weighted by Crippen LogP contribution is -2.33. The molecular weight excluding hydrogens is 196 g/mol. The predicted molar refractivity (Wildman–Crippen MR) is 54.1 cm³/mol. The average molecular weight is 207 g/mol. The van der Waals surface area contributed by atoms with Gasteiger partial charge in [0.25, 0.3) is 0 Å². The van der Waals surface area contributed by atoms with Crippen LogP contribution in [0, 0.1) is 10.1 Å². The molecule has 1 atom stereocenters. The fraction of sp³-hybridized carbons (Fsp3) is 0.444. The largest absolute Gasteiger partial charge is 0.341 e. The van der Waals surface area contributed by atoms with Gasteiger partial charge in [-0.05, 0) is 0 Å². The SMILES string of the molecule is CN1CC2CNc3c([N+](=O)[O-])ccc1[n+]32. The minimum Gasteiger partial charge on any atom is -0.296 e. The van der Waals surface area contributed by atoms with Crippen LogP contribution in [-0.4, -0.2) is 25.1 Å². The van der Waals surface area contributed by atoms with E-state index in [9.17, 15) is 10.1 Å². The molecular formula is C9H11N4O2+. The zero-order chi connectivity index (χ0) is 10.6. The number of nitro groups is 1. The van der Waals surface area contributed by atoms with Crippen LogP contribution in [0.5, 0.6) is 0 Å². The van der Waals surface area contributed by atoms with E-state index in [2.05, 4.69) is 10.2 Å². The summed E-state index contributed by atoms with van der Waals surface area (Å²) in [5.74, 6) is 1.69. The van der Waals surface area contributed by atoms with Crippen LogP contribution in [0.4, 0.5) is 17.3 Å². The van der Waals surface area contributed by atoms with Gasteiger partial charge in [0.05, 0.1) is 18.5 Å². The number of nitrogens with zero attached hydrogens (tertiary/aromatic N) is 3. The Labute approximate surface area is 86.3 Å². The van der Waals surface area contributed by atoms with Crippen molar-refractivity contribution in [2.45, 2.75) is 6.04 Å². The van der Waals surface area contributed by atoms with E-state index in [1.54, 1.807) is 6.07 Å². The molecule has 0 aliphatic carbocycles. The minimum atomic E-state index is -0.337. The molecule has 0 amide bonds. The third-order valence-corrected chi connectivity index (χ3v) is 3.06. The van der Waals surface area contributed by atoms with Crippen LogP contribution >= 0.6 is 0 Å². The lowest BCUT2D eigenvalue weighted by Gasteiger charge is -2.06. The molecule has 2 aliphatic rings. The minimum absolute atomic E-state index is 0.163. The van der Waals surface area contributed by atoms with Crippen molar-refractivity contribution in [3.05, 3.63) is 22.2 Å². The summed E-state index contributed by atoms with van der Waals surface area (Å²) in [6, 6.07) is 3.72. The van der Waals surface area contributed by atoms with Crippen molar-refractivity contribution in [2.24, 2.45) is 0 Å². The first kappa shape index (κ1) is 8.46. The van der Waals surface area contributed by atoms with Crippen LogP contribution in [0.3, 0.4) is 0 Å². The molecule has 2 aliphatic heterocycles. The molecule has 1 unspecified atom stereocenters. The summed E-state index contributed by atoms with van der Waals surface area (Å²) in [5.41, 5.74) is 0.163. The van der Waals surface area contributed by atoms with Crippen LogP contribution in [0.1, 0.15) is 6.04 Å². The second-order valence-corrected chi connectivity index (χ2v) is 3.97. The van der Waals surface area contributed by atoms with Gasteiger partial charge < -0.3 is 0 Å². The Morgan fingerprint density at radius 3 is 3.20 bits per heavy atom. The highest BCUT2D eigenvalue weighted by atomic mass is 16.6. The van der Waals surface area contributed by atoms with Crippen LogP contribution in [0.2, 0.25) is 0 Å². The Hall–Kier alpha value is -1.85. The number of anilines is 2. The predicted octanol–water partition coefficient (Wildman–Crippen LogP) is 0.299. The molecule has 1 aromatic heterocycles. The second kappa shape index (κ2) is 2.59. The molecule has 0 bridgehead atoms. The average Bonchev–Trinajstić information content (AvgIpc) is 2.73. The number of rotatable bonds is 1. The van der Waals surface area contributed by atoms with Gasteiger partial charge in [-0.25, -0.2) is 4.57 Å². The Balaban J connectivity index is 2.25. The van der Waals surface area contributed by atoms with Gasteiger partial charge in [0, 0.05) is 12.1 Å². The highest BCUT2D eigenvalue weighted by Crippen LogP contribution is 2.33. The highest BCUT2D eigenvalue weighted by molar-refractivity contribution is 5.57. The van der Waals surface area contributed by atoms with Crippen LogP contribution in [0.15, 0.2) is 12.1 Å². The molecule has 0 radical (unpaired) electrons. The van der Waals surface area contributed by atoms with Gasteiger partial charge in [-0.15, -0.1) is 0 Å². The Morgan fingerprint density at radius 1 is 1.67 bits per heavy atom. The van der Waals surface area contributed by atoms with Gasteiger partial charge in [0.2, 0.25) is 5.82 Å². The van der Waals surface area contributed by atoms with Crippen molar-refractivity contribution >= 4 is 17.3 Å². The topological polar surface area (TPSA) is 62.3 Å². The monoisotopic (exact) mass is 207 g/mol. The van der Waals surface area contributed by atoms with Crippen LogP contribution in [0.25, 0.3) is 0 Å². The Kier molecular flexibility index (Phi) is 1.46. The second-order valence-electron chi connectivity index (χ2n) is 3.97. The van der Waals surface area contributed by atoms with E-state index in [0.29, 0.717) is 11.9 Å². The van der Waals surface area contributed by atoms with Crippen molar-refractivity contribution in [2.75, 3.05) is 30.4 Å². The summed E-state index contributed by atoms with van der Waals surface area (Å²) in [7, 11) is 2.01. The van der Waals surface area contributed by atoms with Crippen LogP contribution in [-0.2, 0) is 0 Å². The highest BCUT2D eigenvalue weighted by Gasteiger charge is 2.43. The smallest absolute Gasteiger partial charge is 0.296 e. The number of aromatic nitrogens is 1. The first-order valence-corrected chi connectivity index (χ1v) is 4.86. The fourth-order valence-electron chi connectivity index (χ4n) is 2.42. The molecule has 3 rings (SSSR count). The lowest BCUT2D eigenvalue weighted by atomic mass is 10.3. The van der Waals surface area contributed by atoms with Gasteiger partial charge >= 0.3 is 11.5 Å². The zero-order valence-electron chi connectivity index (χ0n) is 8.30. The first-order chi connectivity index (χ1) is 7.18. The molecule has 3 heterocycles. The normalized spacial score (nSPS) is 21.4. The van der Waals surface area contributed by atoms with Crippen molar-refractivity contribution in [1.82, 2.24) is 0 Å². The number of likely N-dealkylation sites (N-methyl/N-ethyl adjacent to an activating group) is 1. The van der Waals surface area contributed by atoms with E-state index < -0.39 is 0 Å². The van der Waals surface area contributed by atoms with Gasteiger partial charge in [-0.1, -0.05) is 0 Å². The van der Waals surface area contributed by atoms with Crippen molar-refractivity contribution in [3.8, 4) is 0 Å². The lowest BCUT2D eigenvalue weighted by molar-refractivity contribution is -0.672. The molecule has 6 nitrogen and oxygen atoms in total. The van der Waals surface area contributed by atoms with E-state index in [1.165, 1.54) is 0 Å². The summed E-state index contributed by atoms with van der Waals surface area (Å²) in [5, 5.41) is 13.9. The summed E-state index contributed by atoms with van der Waals surface area (Å²) in [6.07, 6.45) is 0. The molecule has 15 heavy (non-hydrogen) atoms. The van der Waals surface area contributed by atoms with E-state index >= 15 is 0 Å². The molecule has 0 spiro atoms. The third kappa shape index (κ3) is 0.958. The van der Waals surface area contributed by atoms with E-state index in [4.69, 9.17) is 0 Å². The summed E-state index contributed by atoms with van der Waals surface area (Å²) < 4.78 is 2.03. The van der Waals surface area contributed by atoms with Gasteiger partial charge in [-0.3, -0.25) is 20.3 Å². The number of hydrogen-bond donors (Lipinski definition) is 1. The molecule has 0 fully saturated rings. The molecule has 78 valence electrons.